The maximum Gasteiger partial charge on any atom is 0.236 e. The molecule has 112 valence electrons. The van der Waals surface area contributed by atoms with Gasteiger partial charge in [0, 0.05) is 22.6 Å². The minimum absolute atomic E-state index is 0.00962. The van der Waals surface area contributed by atoms with Gasteiger partial charge in [-0.15, -0.1) is 0 Å². The van der Waals surface area contributed by atoms with Crippen molar-refractivity contribution in [1.82, 2.24) is 10.6 Å². The first kappa shape index (κ1) is 17.3. The van der Waals surface area contributed by atoms with Crippen LogP contribution in [0.2, 0.25) is 10.0 Å². The van der Waals surface area contributed by atoms with Crippen molar-refractivity contribution in [2.24, 2.45) is 0 Å². The summed E-state index contributed by atoms with van der Waals surface area (Å²) >= 11 is 12.1. The van der Waals surface area contributed by atoms with E-state index in [0.29, 0.717) is 16.6 Å². The maximum atomic E-state index is 11.9. The zero-order valence-corrected chi connectivity index (χ0v) is 13.7. The van der Waals surface area contributed by atoms with Gasteiger partial charge in [0.25, 0.3) is 0 Å². The van der Waals surface area contributed by atoms with E-state index in [1.165, 1.54) is 0 Å². The van der Waals surface area contributed by atoms with Crippen molar-refractivity contribution >= 4 is 29.1 Å². The fourth-order valence-electron chi connectivity index (χ4n) is 1.99. The molecule has 0 aromatic heterocycles. The SMILES string of the molecule is CCCNC(=O)C(C)NC(CC)c1ccc(Cl)cc1Cl. The van der Waals surface area contributed by atoms with Crippen molar-refractivity contribution in [3.05, 3.63) is 33.8 Å². The quantitative estimate of drug-likeness (QED) is 0.799. The lowest BCUT2D eigenvalue weighted by molar-refractivity contribution is -0.122. The van der Waals surface area contributed by atoms with Crippen LogP contribution in [0.3, 0.4) is 0 Å². The third kappa shape index (κ3) is 4.97. The number of nitrogens with one attached hydrogen (secondary N) is 2. The second-order valence-electron chi connectivity index (χ2n) is 4.81. The number of rotatable bonds is 7. The van der Waals surface area contributed by atoms with Gasteiger partial charge in [-0.2, -0.15) is 0 Å². The van der Waals surface area contributed by atoms with E-state index in [9.17, 15) is 4.79 Å². The van der Waals surface area contributed by atoms with Crippen molar-refractivity contribution in [2.45, 2.75) is 45.7 Å². The molecule has 2 N–H and O–H groups in total. The minimum Gasteiger partial charge on any atom is -0.355 e. The zero-order chi connectivity index (χ0) is 15.1. The van der Waals surface area contributed by atoms with Crippen LogP contribution < -0.4 is 10.6 Å². The number of carbonyl (C=O) groups excluding carboxylic acids is 1. The van der Waals surface area contributed by atoms with E-state index in [-0.39, 0.29) is 18.0 Å². The Balaban J connectivity index is 2.73. The smallest absolute Gasteiger partial charge is 0.236 e. The Bertz CT molecular complexity index is 451. The van der Waals surface area contributed by atoms with Gasteiger partial charge in [0.05, 0.1) is 6.04 Å². The van der Waals surface area contributed by atoms with Gasteiger partial charge in [-0.1, -0.05) is 43.1 Å². The van der Waals surface area contributed by atoms with E-state index in [4.69, 9.17) is 23.2 Å². The van der Waals surface area contributed by atoms with Crippen LogP contribution >= 0.6 is 23.2 Å². The Labute approximate surface area is 131 Å². The lowest BCUT2D eigenvalue weighted by Gasteiger charge is -2.23. The predicted molar refractivity (Wildman–Crippen MR) is 85.4 cm³/mol. The van der Waals surface area contributed by atoms with Crippen molar-refractivity contribution in [1.29, 1.82) is 0 Å². The molecular weight excluding hydrogens is 295 g/mol. The molecule has 0 radical (unpaired) electrons. The van der Waals surface area contributed by atoms with Crippen LogP contribution in [0.15, 0.2) is 18.2 Å². The molecular formula is C15H22Cl2N2O. The standard InChI is InChI=1S/C15H22Cl2N2O/c1-4-8-18-15(20)10(3)19-14(5-2)12-7-6-11(16)9-13(12)17/h6-7,9-10,14,19H,4-5,8H2,1-3H3,(H,18,20). The van der Waals surface area contributed by atoms with E-state index < -0.39 is 0 Å². The van der Waals surface area contributed by atoms with E-state index in [2.05, 4.69) is 17.6 Å². The number of amides is 1. The van der Waals surface area contributed by atoms with Gasteiger partial charge in [0.1, 0.15) is 0 Å². The van der Waals surface area contributed by atoms with Crippen molar-refractivity contribution < 1.29 is 4.79 Å². The lowest BCUT2D eigenvalue weighted by Crippen LogP contribution is -2.43. The summed E-state index contributed by atoms with van der Waals surface area (Å²) in [7, 11) is 0. The molecule has 0 saturated carbocycles. The first-order chi connectivity index (χ1) is 9.49. The summed E-state index contributed by atoms with van der Waals surface area (Å²) < 4.78 is 0. The summed E-state index contributed by atoms with van der Waals surface area (Å²) in [6.45, 7) is 6.64. The van der Waals surface area contributed by atoms with Crippen LogP contribution in [0.4, 0.5) is 0 Å². The molecule has 0 fully saturated rings. The van der Waals surface area contributed by atoms with Gasteiger partial charge in [-0.25, -0.2) is 0 Å². The lowest BCUT2D eigenvalue weighted by atomic mass is 10.0. The Morgan fingerprint density at radius 3 is 2.55 bits per heavy atom. The van der Waals surface area contributed by atoms with Gasteiger partial charge in [0.2, 0.25) is 5.91 Å². The van der Waals surface area contributed by atoms with Gasteiger partial charge in [-0.3, -0.25) is 10.1 Å². The fraction of sp³-hybridized carbons (Fsp3) is 0.533. The molecule has 0 saturated heterocycles. The summed E-state index contributed by atoms with van der Waals surface area (Å²) in [5, 5.41) is 7.43. The summed E-state index contributed by atoms with van der Waals surface area (Å²) in [5.41, 5.74) is 0.966. The molecule has 2 unspecified atom stereocenters. The number of halogens is 2. The number of carbonyl (C=O) groups is 1. The van der Waals surface area contributed by atoms with Crippen molar-refractivity contribution in [3.63, 3.8) is 0 Å². The summed E-state index contributed by atoms with van der Waals surface area (Å²) in [5.74, 6) is 0.00962. The monoisotopic (exact) mass is 316 g/mol. The third-order valence-electron chi connectivity index (χ3n) is 3.14. The van der Waals surface area contributed by atoms with Crippen LogP contribution in [0.25, 0.3) is 0 Å². The number of benzene rings is 1. The molecule has 3 nitrogen and oxygen atoms in total. The molecule has 5 heteroatoms. The highest BCUT2D eigenvalue weighted by Gasteiger charge is 2.19. The van der Waals surface area contributed by atoms with Crippen molar-refractivity contribution in [2.75, 3.05) is 6.54 Å². The van der Waals surface area contributed by atoms with E-state index in [1.807, 2.05) is 26.0 Å². The van der Waals surface area contributed by atoms with Crippen LogP contribution in [-0.4, -0.2) is 18.5 Å². The molecule has 2 atom stereocenters. The number of hydrogen-bond acceptors (Lipinski definition) is 2. The van der Waals surface area contributed by atoms with Crippen molar-refractivity contribution in [3.8, 4) is 0 Å². The van der Waals surface area contributed by atoms with Gasteiger partial charge < -0.3 is 5.32 Å². The van der Waals surface area contributed by atoms with Crippen LogP contribution in [0, 0.1) is 0 Å². The van der Waals surface area contributed by atoms with Crippen LogP contribution in [0.5, 0.6) is 0 Å². The molecule has 0 spiro atoms. The highest BCUT2D eigenvalue weighted by atomic mass is 35.5. The van der Waals surface area contributed by atoms with Crippen LogP contribution in [0.1, 0.15) is 45.2 Å². The normalized spacial score (nSPS) is 13.8. The fourth-order valence-corrected chi connectivity index (χ4v) is 2.53. The highest BCUT2D eigenvalue weighted by Crippen LogP contribution is 2.28. The Hall–Kier alpha value is -0.770. The van der Waals surface area contributed by atoms with E-state index in [1.54, 1.807) is 6.07 Å². The number of hydrogen-bond donors (Lipinski definition) is 2. The Morgan fingerprint density at radius 1 is 1.30 bits per heavy atom. The summed E-state index contributed by atoms with van der Waals surface area (Å²) in [6, 6.07) is 5.21. The average molecular weight is 317 g/mol. The topological polar surface area (TPSA) is 41.1 Å². The minimum atomic E-state index is -0.266. The molecule has 0 bridgehead atoms. The molecule has 0 aliphatic carbocycles. The predicted octanol–water partition coefficient (Wildman–Crippen LogP) is 3.95. The maximum absolute atomic E-state index is 11.9. The molecule has 0 aliphatic rings. The second-order valence-corrected chi connectivity index (χ2v) is 5.65. The Morgan fingerprint density at radius 2 is 2.00 bits per heavy atom. The molecule has 1 aromatic carbocycles. The van der Waals surface area contributed by atoms with Gasteiger partial charge in [0.15, 0.2) is 0 Å². The zero-order valence-electron chi connectivity index (χ0n) is 12.2. The van der Waals surface area contributed by atoms with E-state index >= 15 is 0 Å². The van der Waals surface area contributed by atoms with E-state index in [0.717, 1.165) is 18.4 Å². The second kappa shape index (κ2) is 8.50. The molecule has 0 heterocycles. The first-order valence-electron chi connectivity index (χ1n) is 6.98. The van der Waals surface area contributed by atoms with Gasteiger partial charge in [-0.05, 0) is 37.5 Å². The largest absolute Gasteiger partial charge is 0.355 e. The van der Waals surface area contributed by atoms with Gasteiger partial charge >= 0.3 is 0 Å². The molecule has 1 rings (SSSR count). The molecule has 1 aromatic rings. The Kier molecular flexibility index (Phi) is 7.35. The third-order valence-corrected chi connectivity index (χ3v) is 3.70. The average Bonchev–Trinajstić information content (AvgIpc) is 2.42. The van der Waals surface area contributed by atoms with Crippen LogP contribution in [-0.2, 0) is 4.79 Å². The molecule has 20 heavy (non-hydrogen) atoms. The first-order valence-corrected chi connectivity index (χ1v) is 7.73. The molecule has 0 aliphatic heterocycles. The summed E-state index contributed by atoms with van der Waals surface area (Å²) in [4.78, 5) is 11.9. The summed E-state index contributed by atoms with van der Waals surface area (Å²) in [6.07, 6.45) is 1.77. The highest BCUT2D eigenvalue weighted by molar-refractivity contribution is 6.35. The molecule has 1 amide bonds.